The van der Waals surface area contributed by atoms with Crippen molar-refractivity contribution in [3.8, 4) is 0 Å². The number of fused-ring (bicyclic) bond motifs is 1. The second-order valence-electron chi connectivity index (χ2n) is 6.42. The highest BCUT2D eigenvalue weighted by molar-refractivity contribution is 6.44. The topological polar surface area (TPSA) is 49.4 Å². The van der Waals surface area contributed by atoms with E-state index in [1.807, 2.05) is 57.2 Å². The average Bonchev–Trinajstić information content (AvgIpc) is 2.56. The number of amides is 2. The lowest BCUT2D eigenvalue weighted by molar-refractivity contribution is -0.134. The van der Waals surface area contributed by atoms with Gasteiger partial charge in [-0.1, -0.05) is 35.9 Å². The minimum absolute atomic E-state index is 0.499. The zero-order valence-electron chi connectivity index (χ0n) is 14.3. The van der Waals surface area contributed by atoms with Crippen molar-refractivity contribution in [2.45, 2.75) is 33.6 Å². The molecule has 0 unspecified atom stereocenters. The number of carbonyl (C=O) groups excluding carboxylic acids is 2. The van der Waals surface area contributed by atoms with Crippen LogP contribution in [-0.4, -0.2) is 18.4 Å². The van der Waals surface area contributed by atoms with Crippen molar-refractivity contribution in [1.82, 2.24) is 0 Å². The van der Waals surface area contributed by atoms with E-state index in [1.165, 1.54) is 0 Å². The third kappa shape index (κ3) is 3.04. The summed E-state index contributed by atoms with van der Waals surface area (Å²) in [5, 5.41) is 2.80. The van der Waals surface area contributed by atoms with Gasteiger partial charge in [-0.25, -0.2) is 0 Å². The zero-order valence-corrected chi connectivity index (χ0v) is 14.3. The largest absolute Gasteiger partial charge is 0.317 e. The highest BCUT2D eigenvalue weighted by Crippen LogP contribution is 2.27. The van der Waals surface area contributed by atoms with Gasteiger partial charge in [-0.05, 0) is 56.4 Å². The molecule has 0 saturated heterocycles. The Morgan fingerprint density at radius 2 is 1.71 bits per heavy atom. The summed E-state index contributed by atoms with van der Waals surface area (Å²) < 4.78 is 0. The lowest BCUT2D eigenvalue weighted by atomic mass is 10.0. The first kappa shape index (κ1) is 16.2. The number of anilines is 2. The van der Waals surface area contributed by atoms with Gasteiger partial charge in [-0.3, -0.25) is 9.59 Å². The molecule has 0 fully saturated rings. The molecule has 1 heterocycles. The van der Waals surface area contributed by atoms with Crippen LogP contribution in [0.2, 0.25) is 0 Å². The molecule has 0 aromatic heterocycles. The van der Waals surface area contributed by atoms with Gasteiger partial charge in [-0.2, -0.15) is 0 Å². The number of aryl methyl sites for hydroxylation is 4. The lowest BCUT2D eigenvalue weighted by Gasteiger charge is -2.29. The quantitative estimate of drug-likeness (QED) is 0.817. The lowest BCUT2D eigenvalue weighted by Crippen LogP contribution is -2.42. The molecule has 2 aromatic carbocycles. The molecule has 4 nitrogen and oxygen atoms in total. The number of rotatable bonds is 1. The minimum atomic E-state index is -0.582. The van der Waals surface area contributed by atoms with Gasteiger partial charge in [-0.15, -0.1) is 0 Å². The summed E-state index contributed by atoms with van der Waals surface area (Å²) in [5.74, 6) is -1.08. The molecule has 0 atom stereocenters. The Kier molecular flexibility index (Phi) is 4.38. The summed E-state index contributed by atoms with van der Waals surface area (Å²) in [7, 11) is 0. The van der Waals surface area contributed by atoms with Crippen LogP contribution in [0.15, 0.2) is 36.4 Å². The first-order valence-electron chi connectivity index (χ1n) is 8.26. The first-order chi connectivity index (χ1) is 11.5. The Hall–Kier alpha value is -2.62. The molecule has 1 aliphatic rings. The molecule has 0 radical (unpaired) electrons. The molecule has 1 aliphatic heterocycles. The maximum absolute atomic E-state index is 12.7. The van der Waals surface area contributed by atoms with Crippen LogP contribution in [0.3, 0.4) is 0 Å². The Morgan fingerprint density at radius 1 is 1.04 bits per heavy atom. The summed E-state index contributed by atoms with van der Waals surface area (Å²) in [6.07, 6.45) is 1.82. The number of hydrogen-bond donors (Lipinski definition) is 1. The smallest absolute Gasteiger partial charge is 0.316 e. The van der Waals surface area contributed by atoms with E-state index in [0.29, 0.717) is 6.54 Å². The molecular weight excluding hydrogens is 300 g/mol. The van der Waals surface area contributed by atoms with Crippen LogP contribution in [0, 0.1) is 20.8 Å². The maximum atomic E-state index is 12.7. The number of carbonyl (C=O) groups is 2. The van der Waals surface area contributed by atoms with Crippen molar-refractivity contribution in [2.24, 2.45) is 0 Å². The van der Waals surface area contributed by atoms with E-state index in [1.54, 1.807) is 4.90 Å². The number of nitrogens with one attached hydrogen (secondary N) is 1. The van der Waals surface area contributed by atoms with Gasteiger partial charge in [0.1, 0.15) is 0 Å². The third-order valence-corrected chi connectivity index (χ3v) is 4.47. The van der Waals surface area contributed by atoms with Crippen molar-refractivity contribution in [1.29, 1.82) is 0 Å². The summed E-state index contributed by atoms with van der Waals surface area (Å²) in [6.45, 7) is 6.48. The molecular formula is C20H22N2O2. The molecule has 3 rings (SSSR count). The number of benzene rings is 2. The van der Waals surface area contributed by atoms with Crippen LogP contribution in [0.4, 0.5) is 11.4 Å². The molecule has 0 bridgehead atoms. The van der Waals surface area contributed by atoms with E-state index >= 15 is 0 Å². The van der Waals surface area contributed by atoms with E-state index in [-0.39, 0.29) is 0 Å². The van der Waals surface area contributed by atoms with Gasteiger partial charge in [0.05, 0.1) is 0 Å². The second kappa shape index (κ2) is 6.48. The standard InChI is InChI=1S/C20H22N2O2/c1-13-11-14(2)18(15(3)12-13)21-19(23)20(24)22-10-6-8-16-7-4-5-9-17(16)22/h4-5,7,9,11-12H,6,8,10H2,1-3H3,(H,21,23). The fourth-order valence-electron chi connectivity index (χ4n) is 3.41. The van der Waals surface area contributed by atoms with Gasteiger partial charge in [0.15, 0.2) is 0 Å². The molecule has 4 heteroatoms. The highest BCUT2D eigenvalue weighted by atomic mass is 16.2. The van der Waals surface area contributed by atoms with Crippen LogP contribution in [0.1, 0.15) is 28.7 Å². The highest BCUT2D eigenvalue weighted by Gasteiger charge is 2.27. The second-order valence-corrected chi connectivity index (χ2v) is 6.42. The van der Waals surface area contributed by atoms with Crippen molar-refractivity contribution < 1.29 is 9.59 Å². The van der Waals surface area contributed by atoms with Crippen LogP contribution in [0.25, 0.3) is 0 Å². The molecule has 0 aliphatic carbocycles. The normalized spacial score (nSPS) is 13.4. The predicted molar refractivity (Wildman–Crippen MR) is 96.4 cm³/mol. The first-order valence-corrected chi connectivity index (χ1v) is 8.26. The van der Waals surface area contributed by atoms with Gasteiger partial charge in [0.2, 0.25) is 0 Å². The molecule has 2 amide bonds. The Morgan fingerprint density at radius 3 is 2.42 bits per heavy atom. The van der Waals surface area contributed by atoms with Crippen molar-refractivity contribution in [2.75, 3.05) is 16.8 Å². The molecule has 24 heavy (non-hydrogen) atoms. The van der Waals surface area contributed by atoms with Gasteiger partial charge < -0.3 is 10.2 Å². The van der Waals surface area contributed by atoms with Crippen LogP contribution >= 0.6 is 0 Å². The van der Waals surface area contributed by atoms with Crippen LogP contribution in [0.5, 0.6) is 0 Å². The summed E-state index contributed by atoms with van der Waals surface area (Å²) in [4.78, 5) is 26.8. The molecule has 2 aromatic rings. The average molecular weight is 322 g/mol. The van der Waals surface area contributed by atoms with Crippen molar-refractivity contribution >= 4 is 23.2 Å². The van der Waals surface area contributed by atoms with E-state index in [4.69, 9.17) is 0 Å². The molecule has 0 spiro atoms. The van der Waals surface area contributed by atoms with Crippen LogP contribution in [-0.2, 0) is 16.0 Å². The molecule has 0 saturated carbocycles. The van der Waals surface area contributed by atoms with E-state index < -0.39 is 11.8 Å². The maximum Gasteiger partial charge on any atom is 0.316 e. The Labute approximate surface area is 142 Å². The number of hydrogen-bond acceptors (Lipinski definition) is 2. The third-order valence-electron chi connectivity index (χ3n) is 4.47. The summed E-state index contributed by atoms with van der Waals surface area (Å²) in [6, 6.07) is 11.8. The van der Waals surface area contributed by atoms with E-state index in [9.17, 15) is 9.59 Å². The predicted octanol–water partition coefficient (Wildman–Crippen LogP) is 3.53. The number of nitrogens with zero attached hydrogens (tertiary/aromatic N) is 1. The molecule has 124 valence electrons. The Balaban J connectivity index is 1.83. The SMILES string of the molecule is Cc1cc(C)c(NC(=O)C(=O)N2CCCc3ccccc32)c(C)c1. The molecule has 1 N–H and O–H groups in total. The summed E-state index contributed by atoms with van der Waals surface area (Å²) >= 11 is 0. The fourth-order valence-corrected chi connectivity index (χ4v) is 3.41. The minimum Gasteiger partial charge on any atom is -0.317 e. The van der Waals surface area contributed by atoms with Crippen LogP contribution < -0.4 is 10.2 Å². The van der Waals surface area contributed by atoms with Gasteiger partial charge >= 0.3 is 11.8 Å². The summed E-state index contributed by atoms with van der Waals surface area (Å²) in [5.41, 5.74) is 5.76. The van der Waals surface area contributed by atoms with Gasteiger partial charge in [0.25, 0.3) is 0 Å². The van der Waals surface area contributed by atoms with Crippen molar-refractivity contribution in [3.63, 3.8) is 0 Å². The van der Waals surface area contributed by atoms with Crippen molar-refractivity contribution in [3.05, 3.63) is 58.7 Å². The van der Waals surface area contributed by atoms with Gasteiger partial charge in [0, 0.05) is 17.9 Å². The monoisotopic (exact) mass is 322 g/mol. The van der Waals surface area contributed by atoms with E-state index in [2.05, 4.69) is 5.32 Å². The zero-order chi connectivity index (χ0) is 17.3. The fraction of sp³-hybridized carbons (Fsp3) is 0.300. The van der Waals surface area contributed by atoms with E-state index in [0.717, 1.165) is 46.5 Å². The number of para-hydroxylation sites is 1. The Bertz CT molecular complexity index is 788.